The summed E-state index contributed by atoms with van der Waals surface area (Å²) in [6, 6.07) is 20.2. The Kier molecular flexibility index (Phi) is 25.2. The molecular formula is C50H58N8O20. The van der Waals surface area contributed by atoms with Gasteiger partial charge in [0, 0.05) is 24.5 Å². The molecule has 0 aromatic heterocycles. The molecule has 0 bridgehead atoms. The third kappa shape index (κ3) is 22.2. The maximum Gasteiger partial charge on any atom is 0.410 e. The van der Waals surface area contributed by atoms with E-state index in [1.165, 1.54) is 97.1 Å². The molecule has 0 heterocycles. The van der Waals surface area contributed by atoms with Crippen LogP contribution in [0.5, 0.6) is 11.5 Å². The lowest BCUT2D eigenvalue weighted by Gasteiger charge is -2.27. The average Bonchev–Trinajstić information content (AvgIpc) is 3.39. The summed E-state index contributed by atoms with van der Waals surface area (Å²) in [7, 11) is 0. The number of benzene rings is 4. The van der Waals surface area contributed by atoms with Crippen LogP contribution in [0, 0.1) is 10.8 Å². The first-order valence-electron chi connectivity index (χ1n) is 23.4. The highest BCUT2D eigenvalue weighted by Gasteiger charge is 2.34. The van der Waals surface area contributed by atoms with Gasteiger partial charge < -0.3 is 80.4 Å². The molecule has 0 saturated heterocycles. The van der Waals surface area contributed by atoms with Crippen LogP contribution in [0.2, 0.25) is 0 Å². The van der Waals surface area contributed by atoms with Crippen LogP contribution in [0.3, 0.4) is 0 Å². The minimum atomic E-state index is -1.79. The summed E-state index contributed by atoms with van der Waals surface area (Å²) >= 11 is 0. The highest BCUT2D eigenvalue weighted by Crippen LogP contribution is 2.20. The number of guanidine groups is 2. The molecule has 0 aliphatic heterocycles. The Morgan fingerprint density at radius 2 is 0.769 bits per heavy atom. The largest absolute Gasteiger partial charge is 0.481 e. The SMILES string of the molecule is N=C(N)Nc1ccc(C(=O)Oc2ccc(COC(=O)N(CCOCCOCCOCCOCCN(C(=O)OCc3ccc(OC(=O)c4ccc(NC(=N)N)cc4)cc3)C(CC(=O)O)C(=O)O)C(CC(=O)O)C(=O)O)cc2)cc1. The van der Waals surface area contributed by atoms with Crippen molar-refractivity contribution in [2.75, 3.05) is 76.6 Å². The van der Waals surface area contributed by atoms with Crippen LogP contribution in [0.25, 0.3) is 0 Å². The number of hydrogen-bond donors (Lipinski definition) is 10. The smallest absolute Gasteiger partial charge is 0.410 e. The van der Waals surface area contributed by atoms with E-state index in [2.05, 4.69) is 10.6 Å². The lowest BCUT2D eigenvalue weighted by atomic mass is 10.2. The first-order chi connectivity index (χ1) is 37.3. The van der Waals surface area contributed by atoms with Crippen LogP contribution >= 0.6 is 0 Å². The molecular weight excluding hydrogens is 1030 g/mol. The fourth-order valence-corrected chi connectivity index (χ4v) is 6.61. The molecule has 28 heteroatoms. The van der Waals surface area contributed by atoms with Gasteiger partial charge in [0.25, 0.3) is 0 Å². The number of nitrogens with two attached hydrogens (primary N) is 2. The molecule has 12 N–H and O–H groups in total. The summed E-state index contributed by atoms with van der Waals surface area (Å²) in [4.78, 5) is 99.8. The van der Waals surface area contributed by atoms with Crippen LogP contribution in [0.15, 0.2) is 97.1 Å². The Labute approximate surface area is 444 Å². The van der Waals surface area contributed by atoms with E-state index in [0.717, 1.165) is 9.80 Å². The Hall–Kier alpha value is -9.38. The zero-order valence-electron chi connectivity index (χ0n) is 41.7. The van der Waals surface area contributed by atoms with Crippen LogP contribution < -0.4 is 31.6 Å². The summed E-state index contributed by atoms with van der Waals surface area (Å²) in [6.45, 7) is -1.59. The molecule has 4 aromatic carbocycles. The van der Waals surface area contributed by atoms with E-state index in [0.29, 0.717) is 22.5 Å². The van der Waals surface area contributed by atoms with Crippen molar-refractivity contribution in [1.29, 1.82) is 10.8 Å². The van der Waals surface area contributed by atoms with Crippen molar-refractivity contribution in [3.8, 4) is 11.5 Å². The third-order valence-corrected chi connectivity index (χ3v) is 10.4. The average molecular weight is 1090 g/mol. The number of anilines is 2. The Balaban J connectivity index is 1.13. The normalized spacial score (nSPS) is 11.4. The molecule has 4 aromatic rings. The number of amides is 2. The molecule has 2 atom stereocenters. The monoisotopic (exact) mass is 1090 g/mol. The summed E-state index contributed by atoms with van der Waals surface area (Å²) in [5.74, 6) is -7.68. The number of nitrogens with one attached hydrogen (secondary N) is 4. The van der Waals surface area contributed by atoms with Gasteiger partial charge in [0.1, 0.15) is 36.8 Å². The molecule has 2 unspecified atom stereocenters. The highest BCUT2D eigenvalue weighted by molar-refractivity contribution is 5.94. The number of nitrogens with zero attached hydrogens (tertiary/aromatic N) is 2. The fraction of sp³-hybridized carbons (Fsp3) is 0.320. The lowest BCUT2D eigenvalue weighted by Crippen LogP contribution is -2.48. The van der Waals surface area contributed by atoms with Gasteiger partial charge in [-0.05, 0) is 83.9 Å². The molecule has 0 radical (unpaired) electrons. The van der Waals surface area contributed by atoms with Gasteiger partial charge in [-0.3, -0.25) is 30.2 Å². The van der Waals surface area contributed by atoms with Gasteiger partial charge in [-0.25, -0.2) is 28.8 Å². The number of carbonyl (C=O) groups excluding carboxylic acids is 4. The minimum Gasteiger partial charge on any atom is -0.481 e. The van der Waals surface area contributed by atoms with Crippen molar-refractivity contribution in [3.05, 3.63) is 119 Å². The molecule has 2 amide bonds. The Morgan fingerprint density at radius 1 is 0.462 bits per heavy atom. The van der Waals surface area contributed by atoms with Gasteiger partial charge in [0.15, 0.2) is 11.9 Å². The van der Waals surface area contributed by atoms with Crippen molar-refractivity contribution in [2.24, 2.45) is 11.5 Å². The number of carboxylic acid groups (broad SMARTS) is 4. The van der Waals surface area contributed by atoms with Crippen molar-refractivity contribution >= 4 is 71.3 Å². The van der Waals surface area contributed by atoms with Gasteiger partial charge in [-0.2, -0.15) is 0 Å². The number of carboxylic acids is 4. The second-order valence-corrected chi connectivity index (χ2v) is 16.1. The molecule has 28 nitrogen and oxygen atoms in total. The highest BCUT2D eigenvalue weighted by atomic mass is 16.6. The van der Waals surface area contributed by atoms with E-state index in [9.17, 15) is 58.8 Å². The Morgan fingerprint density at radius 3 is 1.05 bits per heavy atom. The van der Waals surface area contributed by atoms with E-state index in [1.54, 1.807) is 0 Å². The molecule has 0 spiro atoms. The van der Waals surface area contributed by atoms with Crippen LogP contribution in [0.1, 0.15) is 44.7 Å². The predicted octanol–water partition coefficient (Wildman–Crippen LogP) is 3.24. The Bertz CT molecular complexity index is 2490. The number of hydrogen-bond acceptors (Lipinski definition) is 18. The molecule has 0 aliphatic carbocycles. The quantitative estimate of drug-likeness (QED) is 0.0108. The van der Waals surface area contributed by atoms with Gasteiger partial charge in [0.05, 0.1) is 76.8 Å². The maximum atomic E-state index is 13.1. The van der Waals surface area contributed by atoms with E-state index >= 15 is 0 Å². The van der Waals surface area contributed by atoms with Crippen LogP contribution in [-0.4, -0.2) is 168 Å². The second kappa shape index (κ2) is 32.1. The predicted molar refractivity (Wildman–Crippen MR) is 271 cm³/mol. The summed E-state index contributed by atoms with van der Waals surface area (Å²) < 4.78 is 43.2. The summed E-state index contributed by atoms with van der Waals surface area (Å²) in [5, 5.41) is 57.9. The van der Waals surface area contributed by atoms with Gasteiger partial charge in [-0.15, -0.1) is 0 Å². The molecule has 0 aliphatic rings. The van der Waals surface area contributed by atoms with Crippen LogP contribution in [0.4, 0.5) is 21.0 Å². The van der Waals surface area contributed by atoms with Gasteiger partial charge in [-0.1, -0.05) is 24.3 Å². The standard InChI is InChI=1S/C50H58N8O20/c51-47(52)55-35-9-5-33(6-10-35)45(67)77-37-13-1-31(2-14-37)29-75-49(69)57(39(43(63)64)27-41(59)60)17-19-71-21-23-73-25-26-74-24-22-72-20-18-58(40(44(65)66)28-42(61)62)50(70)76-30-32-3-15-38(16-4-32)78-46(68)34-7-11-36(12-8-34)56-48(53)54/h1-16,39-40H,17-30H2,(H,59,60)(H,61,62)(H,63,64)(H,65,66)(H4,51,52,55)(H4,53,54,56). The summed E-state index contributed by atoms with van der Waals surface area (Å²) in [6.07, 6.45) is -4.11. The second-order valence-electron chi connectivity index (χ2n) is 16.1. The van der Waals surface area contributed by atoms with Crippen molar-refractivity contribution in [2.45, 2.75) is 38.1 Å². The third-order valence-electron chi connectivity index (χ3n) is 10.4. The zero-order valence-corrected chi connectivity index (χ0v) is 41.7. The number of aliphatic carboxylic acids is 4. The van der Waals surface area contributed by atoms with Crippen LogP contribution in [-0.2, 0) is 60.8 Å². The van der Waals surface area contributed by atoms with E-state index in [-0.39, 0.29) is 114 Å². The minimum absolute atomic E-state index is 0.0101. The number of rotatable bonds is 33. The van der Waals surface area contributed by atoms with Crippen molar-refractivity contribution in [3.63, 3.8) is 0 Å². The molecule has 0 fully saturated rings. The first kappa shape index (κ1) is 61.2. The van der Waals surface area contributed by atoms with Crippen molar-refractivity contribution < 1.29 is 96.7 Å². The van der Waals surface area contributed by atoms with E-state index < -0.39 is 72.9 Å². The summed E-state index contributed by atoms with van der Waals surface area (Å²) in [5.41, 5.74) is 12.9. The zero-order chi connectivity index (χ0) is 57.0. The molecule has 4 rings (SSSR count). The van der Waals surface area contributed by atoms with Gasteiger partial charge in [0.2, 0.25) is 0 Å². The molecule has 0 saturated carbocycles. The lowest BCUT2D eigenvalue weighted by molar-refractivity contribution is -0.149. The van der Waals surface area contributed by atoms with E-state index in [4.69, 9.17) is 60.2 Å². The van der Waals surface area contributed by atoms with E-state index in [1.807, 2.05) is 0 Å². The fourth-order valence-electron chi connectivity index (χ4n) is 6.61. The maximum absolute atomic E-state index is 13.1. The van der Waals surface area contributed by atoms with Gasteiger partial charge >= 0.3 is 48.0 Å². The topological polar surface area (TPSA) is 422 Å². The number of ether oxygens (including phenoxy) is 8. The number of carbonyl (C=O) groups is 8. The van der Waals surface area contributed by atoms with Crippen molar-refractivity contribution in [1.82, 2.24) is 9.80 Å². The molecule has 418 valence electrons. The molecule has 78 heavy (non-hydrogen) atoms. The first-order valence-corrected chi connectivity index (χ1v) is 23.4. The number of esters is 2.